The molecule has 0 aliphatic rings. The first-order valence-electron chi connectivity index (χ1n) is 17.1. The van der Waals surface area contributed by atoms with Crippen LogP contribution in [0, 0.1) is 0 Å². The summed E-state index contributed by atoms with van der Waals surface area (Å²) < 4.78 is 6.90. The molecule has 0 saturated carbocycles. The fraction of sp³-hybridized carbons (Fsp3) is 0. The second kappa shape index (κ2) is 11.5. The summed E-state index contributed by atoms with van der Waals surface area (Å²) in [5, 5.41) is 9.51. The van der Waals surface area contributed by atoms with Gasteiger partial charge in [-0.1, -0.05) is 152 Å². The third-order valence-corrected chi connectivity index (χ3v) is 10.0. The predicted octanol–water partition coefficient (Wildman–Crippen LogP) is 13.8. The molecule has 0 unspecified atom stereocenters. The molecule has 1 heterocycles. The lowest BCUT2D eigenvalue weighted by Gasteiger charge is -2.28. The molecule has 0 aliphatic carbocycles. The Kier molecular flexibility index (Phi) is 6.53. The highest BCUT2D eigenvalue weighted by Gasteiger charge is 2.22. The number of hydrogen-bond donors (Lipinski definition) is 0. The molecule has 10 aromatic rings. The van der Waals surface area contributed by atoms with Crippen LogP contribution in [0.15, 0.2) is 192 Å². The molecule has 50 heavy (non-hydrogen) atoms. The van der Waals surface area contributed by atoms with Crippen molar-refractivity contribution in [3.63, 3.8) is 0 Å². The van der Waals surface area contributed by atoms with Crippen LogP contribution >= 0.6 is 0 Å². The van der Waals surface area contributed by atoms with Crippen molar-refractivity contribution in [1.29, 1.82) is 0 Å². The molecule has 0 N–H and O–H groups in total. The Morgan fingerprint density at radius 1 is 0.340 bits per heavy atom. The lowest BCUT2D eigenvalue weighted by molar-refractivity contribution is 0.669. The van der Waals surface area contributed by atoms with E-state index in [0.29, 0.717) is 0 Å². The molecule has 9 aromatic carbocycles. The van der Waals surface area contributed by atoms with E-state index < -0.39 is 0 Å². The van der Waals surface area contributed by atoms with Gasteiger partial charge >= 0.3 is 0 Å². The zero-order valence-corrected chi connectivity index (χ0v) is 27.3. The molecule has 2 heteroatoms. The molecule has 0 amide bonds. The third-order valence-electron chi connectivity index (χ3n) is 10.0. The van der Waals surface area contributed by atoms with E-state index in [0.717, 1.165) is 44.6 Å². The van der Waals surface area contributed by atoms with Gasteiger partial charge in [-0.2, -0.15) is 0 Å². The quantitative estimate of drug-likeness (QED) is 0.175. The number of fused-ring (bicyclic) bond motifs is 7. The Morgan fingerprint density at radius 2 is 1.00 bits per heavy atom. The summed E-state index contributed by atoms with van der Waals surface area (Å²) in [6.07, 6.45) is 0. The van der Waals surface area contributed by atoms with Crippen LogP contribution in [0.1, 0.15) is 0 Å². The van der Waals surface area contributed by atoms with Crippen LogP contribution in [0.4, 0.5) is 17.1 Å². The zero-order chi connectivity index (χ0) is 33.0. The van der Waals surface area contributed by atoms with Gasteiger partial charge in [-0.15, -0.1) is 0 Å². The molecule has 0 aliphatic heterocycles. The van der Waals surface area contributed by atoms with Crippen molar-refractivity contribution in [3.05, 3.63) is 188 Å². The van der Waals surface area contributed by atoms with E-state index in [1.165, 1.54) is 49.0 Å². The van der Waals surface area contributed by atoms with Crippen LogP contribution in [0.5, 0.6) is 0 Å². The lowest BCUT2D eigenvalue weighted by Crippen LogP contribution is -2.11. The summed E-state index contributed by atoms with van der Waals surface area (Å²) in [7, 11) is 0. The minimum atomic E-state index is 0.862. The minimum absolute atomic E-state index is 0.862. The van der Waals surface area contributed by atoms with Crippen molar-refractivity contribution in [2.24, 2.45) is 0 Å². The van der Waals surface area contributed by atoms with E-state index in [1.54, 1.807) is 0 Å². The van der Waals surface area contributed by atoms with Gasteiger partial charge in [-0.05, 0) is 85.6 Å². The Balaban J connectivity index is 1.26. The summed E-state index contributed by atoms with van der Waals surface area (Å²) >= 11 is 0. The minimum Gasteiger partial charge on any atom is -0.454 e. The fourth-order valence-electron chi connectivity index (χ4n) is 7.69. The van der Waals surface area contributed by atoms with Gasteiger partial charge in [-0.25, -0.2) is 0 Å². The van der Waals surface area contributed by atoms with Gasteiger partial charge < -0.3 is 9.32 Å². The highest BCUT2D eigenvalue weighted by molar-refractivity contribution is 6.17. The molecule has 2 nitrogen and oxygen atoms in total. The summed E-state index contributed by atoms with van der Waals surface area (Å²) in [5.41, 5.74) is 9.59. The van der Waals surface area contributed by atoms with E-state index in [2.05, 4.69) is 193 Å². The molecule has 10 rings (SSSR count). The predicted molar refractivity (Wildman–Crippen MR) is 212 cm³/mol. The van der Waals surface area contributed by atoms with Crippen molar-refractivity contribution >= 4 is 71.3 Å². The molecule has 0 atom stereocenters. The van der Waals surface area contributed by atoms with Crippen molar-refractivity contribution in [2.45, 2.75) is 0 Å². The Bertz CT molecular complexity index is 2880. The van der Waals surface area contributed by atoms with Crippen molar-refractivity contribution in [2.75, 3.05) is 4.90 Å². The number of para-hydroxylation sites is 1. The second-order valence-electron chi connectivity index (χ2n) is 12.9. The van der Waals surface area contributed by atoms with Crippen LogP contribution < -0.4 is 4.90 Å². The molecule has 0 fully saturated rings. The number of furan rings is 1. The van der Waals surface area contributed by atoms with Crippen molar-refractivity contribution in [3.8, 4) is 22.3 Å². The van der Waals surface area contributed by atoms with Crippen molar-refractivity contribution < 1.29 is 4.42 Å². The van der Waals surface area contributed by atoms with Gasteiger partial charge in [0.1, 0.15) is 5.58 Å². The van der Waals surface area contributed by atoms with E-state index in [9.17, 15) is 0 Å². The van der Waals surface area contributed by atoms with E-state index >= 15 is 0 Å². The molecule has 0 radical (unpaired) electrons. The molecule has 0 saturated heterocycles. The molecule has 0 bridgehead atoms. The number of rotatable bonds is 5. The normalized spacial score (nSPS) is 11.6. The first-order chi connectivity index (χ1) is 24.8. The van der Waals surface area contributed by atoms with Crippen LogP contribution in [0.25, 0.3) is 76.5 Å². The second-order valence-corrected chi connectivity index (χ2v) is 12.9. The van der Waals surface area contributed by atoms with Gasteiger partial charge in [0.15, 0.2) is 5.58 Å². The smallest absolute Gasteiger partial charge is 0.159 e. The summed E-state index contributed by atoms with van der Waals surface area (Å²) in [6, 6.07) is 67.4. The van der Waals surface area contributed by atoms with Gasteiger partial charge in [0, 0.05) is 21.8 Å². The average Bonchev–Trinajstić information content (AvgIpc) is 3.57. The van der Waals surface area contributed by atoms with Crippen LogP contribution in [0.2, 0.25) is 0 Å². The maximum Gasteiger partial charge on any atom is 0.159 e. The Morgan fingerprint density at radius 3 is 1.88 bits per heavy atom. The van der Waals surface area contributed by atoms with Crippen LogP contribution in [-0.4, -0.2) is 0 Å². The number of nitrogens with zero attached hydrogens (tertiary/aromatic N) is 1. The first kappa shape index (κ1) is 28.4. The number of anilines is 3. The number of benzene rings is 9. The summed E-state index contributed by atoms with van der Waals surface area (Å²) in [5.74, 6) is 0. The van der Waals surface area contributed by atoms with Gasteiger partial charge in [0.2, 0.25) is 0 Å². The van der Waals surface area contributed by atoms with E-state index in [1.807, 2.05) is 0 Å². The molecular formula is C48H31NO. The Hall–Kier alpha value is -6.64. The van der Waals surface area contributed by atoms with Crippen LogP contribution in [0.3, 0.4) is 0 Å². The monoisotopic (exact) mass is 637 g/mol. The lowest BCUT2D eigenvalue weighted by atomic mass is 9.96. The third kappa shape index (κ3) is 4.57. The van der Waals surface area contributed by atoms with Crippen molar-refractivity contribution in [1.82, 2.24) is 0 Å². The summed E-state index contributed by atoms with van der Waals surface area (Å²) in [6.45, 7) is 0. The SMILES string of the molecule is c1ccc(-c2ccc3c(c2)oc2c(N(c4cccc(-c5cccc6ccccc56)c4)c4cc5ccccc5c5ccccc45)cccc23)cc1. The largest absolute Gasteiger partial charge is 0.454 e. The molecule has 1 aromatic heterocycles. The highest BCUT2D eigenvalue weighted by Crippen LogP contribution is 2.47. The van der Waals surface area contributed by atoms with E-state index in [-0.39, 0.29) is 0 Å². The van der Waals surface area contributed by atoms with Crippen LogP contribution in [-0.2, 0) is 0 Å². The zero-order valence-electron chi connectivity index (χ0n) is 27.3. The molecule has 0 spiro atoms. The van der Waals surface area contributed by atoms with Gasteiger partial charge in [-0.3, -0.25) is 0 Å². The fourth-order valence-corrected chi connectivity index (χ4v) is 7.69. The topological polar surface area (TPSA) is 16.4 Å². The first-order valence-corrected chi connectivity index (χ1v) is 17.1. The van der Waals surface area contributed by atoms with Gasteiger partial charge in [0.05, 0.1) is 11.4 Å². The maximum atomic E-state index is 6.90. The Labute approximate surface area is 290 Å². The summed E-state index contributed by atoms with van der Waals surface area (Å²) in [4.78, 5) is 2.40. The highest BCUT2D eigenvalue weighted by atomic mass is 16.3. The molecular weight excluding hydrogens is 607 g/mol. The van der Waals surface area contributed by atoms with Gasteiger partial charge in [0.25, 0.3) is 0 Å². The van der Waals surface area contributed by atoms with E-state index in [4.69, 9.17) is 4.42 Å². The maximum absolute atomic E-state index is 6.90. The standard InChI is InChI=1S/C48H31NO/c1-2-13-32(14-3-1)34-27-28-43-44-25-12-26-45(48(44)50-47(43)31-34)49(46-30-36-16-5-7-21-40(36)41-22-8-9-23-42(41)46)37-19-10-18-35(29-37)39-24-11-17-33-15-4-6-20-38(33)39/h1-31H. The number of hydrogen-bond acceptors (Lipinski definition) is 2. The average molecular weight is 638 g/mol. The molecule has 234 valence electrons.